The van der Waals surface area contributed by atoms with Crippen molar-refractivity contribution < 1.29 is 4.79 Å². The van der Waals surface area contributed by atoms with Crippen molar-refractivity contribution in [1.29, 1.82) is 0 Å². The number of hydrogen-bond acceptors (Lipinski definition) is 5. The summed E-state index contributed by atoms with van der Waals surface area (Å²) in [5, 5.41) is 1.19. The van der Waals surface area contributed by atoms with E-state index in [1.165, 1.54) is 5.12 Å². The second-order valence-electron chi connectivity index (χ2n) is 4.76. The van der Waals surface area contributed by atoms with Gasteiger partial charge in [0, 0.05) is 18.0 Å². The van der Waals surface area contributed by atoms with Crippen molar-refractivity contribution in [3.63, 3.8) is 0 Å². The van der Waals surface area contributed by atoms with Gasteiger partial charge in [0.05, 0.1) is 11.3 Å². The summed E-state index contributed by atoms with van der Waals surface area (Å²) >= 11 is 0. The summed E-state index contributed by atoms with van der Waals surface area (Å²) in [6.07, 6.45) is 3.27. The monoisotopic (exact) mass is 305 g/mol. The van der Waals surface area contributed by atoms with E-state index < -0.39 is 0 Å². The highest BCUT2D eigenvalue weighted by Crippen LogP contribution is 2.19. The fourth-order valence-corrected chi connectivity index (χ4v) is 2.14. The summed E-state index contributed by atoms with van der Waals surface area (Å²) < 4.78 is 0. The van der Waals surface area contributed by atoms with E-state index in [1.807, 2.05) is 24.3 Å². The molecule has 1 heterocycles. The fourth-order valence-electron chi connectivity index (χ4n) is 2.14. The summed E-state index contributed by atoms with van der Waals surface area (Å²) in [7, 11) is 0. The van der Waals surface area contributed by atoms with Crippen molar-refractivity contribution in [3.8, 4) is 11.4 Å². The van der Waals surface area contributed by atoms with Gasteiger partial charge in [0.15, 0.2) is 5.82 Å². The summed E-state index contributed by atoms with van der Waals surface area (Å²) in [4.78, 5) is 20.9. The molecule has 1 aromatic heterocycles. The number of para-hydroxylation sites is 1. The van der Waals surface area contributed by atoms with Crippen molar-refractivity contribution >= 4 is 11.6 Å². The lowest BCUT2D eigenvalue weighted by atomic mass is 10.1. The summed E-state index contributed by atoms with van der Waals surface area (Å²) in [5.41, 5.74) is 4.41. The molecule has 2 aromatic carbocycles. The van der Waals surface area contributed by atoms with Gasteiger partial charge in [0.1, 0.15) is 0 Å². The Labute approximate surface area is 133 Å². The van der Waals surface area contributed by atoms with E-state index in [2.05, 4.69) is 15.4 Å². The van der Waals surface area contributed by atoms with Gasteiger partial charge >= 0.3 is 0 Å². The van der Waals surface area contributed by atoms with Crippen LogP contribution in [0.15, 0.2) is 73.1 Å². The predicted molar refractivity (Wildman–Crippen MR) is 88.0 cm³/mol. The van der Waals surface area contributed by atoms with E-state index >= 15 is 0 Å². The third-order valence-electron chi connectivity index (χ3n) is 3.23. The maximum absolute atomic E-state index is 12.5. The van der Waals surface area contributed by atoms with Crippen LogP contribution in [-0.4, -0.2) is 15.9 Å². The summed E-state index contributed by atoms with van der Waals surface area (Å²) in [6, 6.07) is 18.0. The molecule has 6 nitrogen and oxygen atoms in total. The average Bonchev–Trinajstić information content (AvgIpc) is 2.63. The zero-order valence-electron chi connectivity index (χ0n) is 12.3. The zero-order chi connectivity index (χ0) is 16.1. The van der Waals surface area contributed by atoms with Gasteiger partial charge in [-0.25, -0.2) is 26.4 Å². The summed E-state index contributed by atoms with van der Waals surface area (Å²) in [6.45, 7) is 0. The minimum absolute atomic E-state index is 0.334. The highest BCUT2D eigenvalue weighted by Gasteiger charge is 2.15. The van der Waals surface area contributed by atoms with E-state index in [1.54, 1.807) is 48.8 Å². The molecule has 114 valence electrons. The van der Waals surface area contributed by atoms with Crippen LogP contribution in [0.4, 0.5) is 5.69 Å². The normalized spacial score (nSPS) is 10.1. The first-order valence-electron chi connectivity index (χ1n) is 7.03. The number of anilines is 1. The van der Waals surface area contributed by atoms with Crippen LogP contribution >= 0.6 is 0 Å². The first kappa shape index (κ1) is 14.7. The van der Waals surface area contributed by atoms with Gasteiger partial charge in [-0.3, -0.25) is 4.79 Å². The van der Waals surface area contributed by atoms with Crippen LogP contribution in [0, 0.1) is 0 Å². The van der Waals surface area contributed by atoms with Crippen LogP contribution in [0.5, 0.6) is 0 Å². The van der Waals surface area contributed by atoms with Crippen LogP contribution < -0.4 is 16.4 Å². The van der Waals surface area contributed by atoms with Crippen LogP contribution in [-0.2, 0) is 0 Å². The van der Waals surface area contributed by atoms with E-state index in [0.717, 1.165) is 0 Å². The second kappa shape index (κ2) is 6.67. The molecule has 0 radical (unpaired) electrons. The maximum Gasteiger partial charge on any atom is 0.271 e. The van der Waals surface area contributed by atoms with E-state index in [-0.39, 0.29) is 5.91 Å². The molecule has 0 aliphatic heterocycles. The number of hydrogen-bond donors (Lipinski definition) is 2. The highest BCUT2D eigenvalue weighted by atomic mass is 16.2. The smallest absolute Gasteiger partial charge is 0.267 e. The molecule has 0 atom stereocenters. The molecule has 0 unspecified atom stereocenters. The molecule has 23 heavy (non-hydrogen) atoms. The number of aromatic nitrogens is 2. The average molecular weight is 305 g/mol. The van der Waals surface area contributed by atoms with Crippen LogP contribution in [0.2, 0.25) is 0 Å². The first-order chi connectivity index (χ1) is 11.3. The van der Waals surface area contributed by atoms with Gasteiger partial charge in [-0.1, -0.05) is 36.4 Å². The standard InChI is InChI=1S/C17H15N5O/c18-22(13-7-2-1-3-8-13)21-17(23)15-10-5-4-9-14(15)16-19-11-6-12-20-16/h1-12H,18H2,(H,21,23). The quantitative estimate of drug-likeness (QED) is 0.570. The number of nitrogens with two attached hydrogens (primary N) is 1. The van der Waals surface area contributed by atoms with Gasteiger partial charge in [-0.05, 0) is 24.3 Å². The second-order valence-corrected chi connectivity index (χ2v) is 4.76. The van der Waals surface area contributed by atoms with Crippen molar-refractivity contribution in [1.82, 2.24) is 15.4 Å². The predicted octanol–water partition coefficient (Wildman–Crippen LogP) is 2.17. The van der Waals surface area contributed by atoms with E-state index in [4.69, 9.17) is 5.84 Å². The Balaban J connectivity index is 1.86. The molecular formula is C17H15N5O. The number of carbonyl (C=O) groups is 1. The van der Waals surface area contributed by atoms with Crippen LogP contribution in [0.1, 0.15) is 10.4 Å². The van der Waals surface area contributed by atoms with E-state index in [0.29, 0.717) is 22.6 Å². The SMILES string of the molecule is NN(NC(=O)c1ccccc1-c1ncccn1)c1ccccc1. The molecule has 1 amide bonds. The molecule has 0 fully saturated rings. The van der Waals surface area contributed by atoms with Crippen molar-refractivity contribution in [2.45, 2.75) is 0 Å². The van der Waals surface area contributed by atoms with Gasteiger partial charge in [-0.15, -0.1) is 0 Å². The number of nitrogens with one attached hydrogen (secondary N) is 1. The fraction of sp³-hybridized carbons (Fsp3) is 0. The van der Waals surface area contributed by atoms with Crippen molar-refractivity contribution in [2.75, 3.05) is 5.12 Å². The van der Waals surface area contributed by atoms with Crippen LogP contribution in [0.25, 0.3) is 11.4 Å². The number of amides is 1. The van der Waals surface area contributed by atoms with Crippen molar-refractivity contribution in [3.05, 3.63) is 78.6 Å². The Morgan fingerprint density at radius 1 is 0.913 bits per heavy atom. The molecule has 0 saturated heterocycles. The van der Waals surface area contributed by atoms with Gasteiger partial charge in [0.25, 0.3) is 5.91 Å². The lowest BCUT2D eigenvalue weighted by Crippen LogP contribution is -2.47. The molecule has 0 saturated carbocycles. The molecule has 0 bridgehead atoms. The molecule has 0 aliphatic carbocycles. The summed E-state index contributed by atoms with van der Waals surface area (Å²) in [5.74, 6) is 6.05. The number of benzene rings is 2. The lowest BCUT2D eigenvalue weighted by Gasteiger charge is -2.20. The third kappa shape index (κ3) is 3.33. The Morgan fingerprint density at radius 2 is 1.57 bits per heavy atom. The Bertz CT molecular complexity index is 792. The minimum atomic E-state index is -0.334. The molecule has 3 rings (SSSR count). The van der Waals surface area contributed by atoms with Gasteiger partial charge in [-0.2, -0.15) is 0 Å². The molecule has 6 heteroatoms. The molecule has 3 N–H and O–H groups in total. The van der Waals surface area contributed by atoms with Gasteiger partial charge in [0.2, 0.25) is 0 Å². The topological polar surface area (TPSA) is 84.1 Å². The molecule has 0 spiro atoms. The largest absolute Gasteiger partial charge is 0.271 e. The Hall–Kier alpha value is -3.25. The number of carbonyl (C=O) groups excluding carboxylic acids is 1. The van der Waals surface area contributed by atoms with Crippen LogP contribution in [0.3, 0.4) is 0 Å². The number of rotatable bonds is 4. The molecule has 0 aliphatic rings. The maximum atomic E-state index is 12.5. The highest BCUT2D eigenvalue weighted by molar-refractivity contribution is 6.00. The minimum Gasteiger partial charge on any atom is -0.267 e. The van der Waals surface area contributed by atoms with Gasteiger partial charge < -0.3 is 0 Å². The van der Waals surface area contributed by atoms with Crippen molar-refractivity contribution in [2.24, 2.45) is 5.84 Å². The number of hydrazine groups is 2. The van der Waals surface area contributed by atoms with E-state index in [9.17, 15) is 4.79 Å². The molecule has 3 aromatic rings. The first-order valence-corrected chi connectivity index (χ1v) is 7.03. The Morgan fingerprint density at radius 3 is 2.30 bits per heavy atom. The lowest BCUT2D eigenvalue weighted by molar-refractivity contribution is 0.0949. The third-order valence-corrected chi connectivity index (χ3v) is 3.23. The molecular weight excluding hydrogens is 290 g/mol. The Kier molecular flexibility index (Phi) is 4.26. The number of nitrogens with zero attached hydrogens (tertiary/aromatic N) is 3. The zero-order valence-corrected chi connectivity index (χ0v) is 12.3.